The molecule has 0 radical (unpaired) electrons. The standard InChI is InChI=1S/C27H43NO4/c1-4-5-6-7-8-9-10-11-12-13-14-15-16-17-18-19-26(29)28-24-22-23(27(30)32-3)20-21-25(24)31-2/h11-12,20-22H,4-10,13-19H2,1-3H3,(H,28,29)/b12-11+. The molecule has 1 aromatic carbocycles. The van der Waals surface area contributed by atoms with E-state index in [-0.39, 0.29) is 5.91 Å². The van der Waals surface area contributed by atoms with Gasteiger partial charge in [-0.1, -0.05) is 70.4 Å². The number of hydrogen-bond donors (Lipinski definition) is 1. The molecule has 0 aliphatic carbocycles. The Morgan fingerprint density at radius 2 is 1.44 bits per heavy atom. The van der Waals surface area contributed by atoms with Crippen LogP contribution in [0.4, 0.5) is 5.69 Å². The Bertz CT molecular complexity index is 684. The van der Waals surface area contributed by atoms with E-state index in [1.54, 1.807) is 18.2 Å². The van der Waals surface area contributed by atoms with Gasteiger partial charge in [-0.3, -0.25) is 4.79 Å². The summed E-state index contributed by atoms with van der Waals surface area (Å²) in [4.78, 5) is 24.0. The molecule has 0 saturated carbocycles. The van der Waals surface area contributed by atoms with E-state index < -0.39 is 5.97 Å². The molecule has 5 nitrogen and oxygen atoms in total. The van der Waals surface area contributed by atoms with Gasteiger partial charge in [0.05, 0.1) is 25.5 Å². The number of amides is 1. The van der Waals surface area contributed by atoms with Gasteiger partial charge in [-0.15, -0.1) is 0 Å². The second kappa shape index (κ2) is 18.3. The Labute approximate surface area is 195 Å². The number of ether oxygens (including phenoxy) is 2. The minimum Gasteiger partial charge on any atom is -0.495 e. The van der Waals surface area contributed by atoms with Crippen LogP contribution in [0.3, 0.4) is 0 Å². The maximum Gasteiger partial charge on any atom is 0.337 e. The zero-order chi connectivity index (χ0) is 23.4. The molecule has 180 valence electrons. The second-order valence-electron chi connectivity index (χ2n) is 8.29. The number of unbranched alkanes of at least 4 members (excludes halogenated alkanes) is 11. The van der Waals surface area contributed by atoms with E-state index in [1.807, 2.05) is 0 Å². The van der Waals surface area contributed by atoms with Crippen LogP contribution in [-0.2, 0) is 9.53 Å². The fourth-order valence-corrected chi connectivity index (χ4v) is 3.62. The summed E-state index contributed by atoms with van der Waals surface area (Å²) in [7, 11) is 2.87. The Morgan fingerprint density at radius 3 is 2.03 bits per heavy atom. The minimum atomic E-state index is -0.444. The van der Waals surface area contributed by atoms with Crippen molar-refractivity contribution in [1.29, 1.82) is 0 Å². The third-order valence-electron chi connectivity index (χ3n) is 5.56. The van der Waals surface area contributed by atoms with Crippen molar-refractivity contribution in [3.8, 4) is 5.75 Å². The van der Waals surface area contributed by atoms with Crippen LogP contribution in [0.2, 0.25) is 0 Å². The number of anilines is 1. The first-order valence-corrected chi connectivity index (χ1v) is 12.3. The van der Waals surface area contributed by atoms with Gasteiger partial charge in [0, 0.05) is 6.42 Å². The summed E-state index contributed by atoms with van der Waals surface area (Å²) in [5, 5.41) is 2.85. The number of hydrogen-bond acceptors (Lipinski definition) is 4. The van der Waals surface area contributed by atoms with Crippen molar-refractivity contribution in [2.24, 2.45) is 0 Å². The van der Waals surface area contributed by atoms with Gasteiger partial charge in [-0.25, -0.2) is 4.79 Å². The van der Waals surface area contributed by atoms with Crippen molar-refractivity contribution in [3.63, 3.8) is 0 Å². The number of esters is 1. The Kier molecular flexibility index (Phi) is 15.9. The van der Waals surface area contributed by atoms with Crippen LogP contribution in [-0.4, -0.2) is 26.1 Å². The van der Waals surface area contributed by atoms with Crippen LogP contribution < -0.4 is 10.1 Å². The summed E-state index contributed by atoms with van der Waals surface area (Å²) in [6.45, 7) is 2.26. The van der Waals surface area contributed by atoms with Crippen LogP contribution in [0.25, 0.3) is 0 Å². The maximum atomic E-state index is 12.3. The number of nitrogens with one attached hydrogen (secondary N) is 1. The predicted octanol–water partition coefficient (Wildman–Crippen LogP) is 7.46. The van der Waals surface area contributed by atoms with Gasteiger partial charge in [-0.2, -0.15) is 0 Å². The summed E-state index contributed by atoms with van der Waals surface area (Å²) in [6, 6.07) is 4.86. The van der Waals surface area contributed by atoms with Crippen LogP contribution in [0, 0.1) is 0 Å². The van der Waals surface area contributed by atoms with Crippen LogP contribution in [0.5, 0.6) is 5.75 Å². The summed E-state index contributed by atoms with van der Waals surface area (Å²) >= 11 is 0. The number of carbonyl (C=O) groups is 2. The van der Waals surface area contributed by atoms with E-state index >= 15 is 0 Å². The largest absolute Gasteiger partial charge is 0.495 e. The first kappa shape index (κ1) is 27.7. The Balaban J connectivity index is 2.11. The molecule has 0 heterocycles. The Morgan fingerprint density at radius 1 is 0.844 bits per heavy atom. The molecule has 32 heavy (non-hydrogen) atoms. The molecular weight excluding hydrogens is 402 g/mol. The van der Waals surface area contributed by atoms with Gasteiger partial charge >= 0.3 is 5.97 Å². The second-order valence-corrected chi connectivity index (χ2v) is 8.29. The molecule has 0 bridgehead atoms. The van der Waals surface area contributed by atoms with Crippen molar-refractivity contribution in [2.45, 2.75) is 96.8 Å². The van der Waals surface area contributed by atoms with E-state index in [2.05, 4.69) is 24.4 Å². The molecule has 5 heteroatoms. The molecule has 1 rings (SSSR count). The highest BCUT2D eigenvalue weighted by Crippen LogP contribution is 2.26. The fourth-order valence-electron chi connectivity index (χ4n) is 3.62. The van der Waals surface area contributed by atoms with E-state index in [9.17, 15) is 9.59 Å². The molecule has 1 N–H and O–H groups in total. The zero-order valence-corrected chi connectivity index (χ0v) is 20.4. The minimum absolute atomic E-state index is 0.0667. The lowest BCUT2D eigenvalue weighted by atomic mass is 10.1. The molecule has 1 amide bonds. The Hall–Kier alpha value is -2.30. The molecule has 0 aromatic heterocycles. The van der Waals surface area contributed by atoms with Gasteiger partial charge in [0.2, 0.25) is 5.91 Å². The third kappa shape index (κ3) is 12.5. The number of benzene rings is 1. The topological polar surface area (TPSA) is 64.6 Å². The van der Waals surface area contributed by atoms with Crippen molar-refractivity contribution in [1.82, 2.24) is 0 Å². The smallest absolute Gasteiger partial charge is 0.337 e. The summed E-state index contributed by atoms with van der Waals surface area (Å²) < 4.78 is 10.0. The van der Waals surface area contributed by atoms with Crippen LogP contribution in [0.15, 0.2) is 30.4 Å². The SMILES string of the molecule is CCCCCCCC/C=C/CCCCCCCC(=O)Nc1cc(C(=O)OC)ccc1OC. The van der Waals surface area contributed by atoms with E-state index in [0.29, 0.717) is 23.4 Å². The average molecular weight is 446 g/mol. The van der Waals surface area contributed by atoms with Crippen molar-refractivity contribution < 1.29 is 19.1 Å². The highest BCUT2D eigenvalue weighted by Gasteiger charge is 2.12. The molecule has 0 spiro atoms. The van der Waals surface area contributed by atoms with Crippen LogP contribution >= 0.6 is 0 Å². The lowest BCUT2D eigenvalue weighted by molar-refractivity contribution is -0.116. The number of carbonyl (C=O) groups excluding carboxylic acids is 2. The van der Waals surface area contributed by atoms with Crippen molar-refractivity contribution >= 4 is 17.6 Å². The molecule has 0 fully saturated rings. The molecule has 0 unspecified atom stereocenters. The predicted molar refractivity (Wildman–Crippen MR) is 132 cm³/mol. The maximum absolute atomic E-state index is 12.3. The lowest BCUT2D eigenvalue weighted by Crippen LogP contribution is -2.13. The van der Waals surface area contributed by atoms with Crippen molar-refractivity contribution in [2.75, 3.05) is 19.5 Å². The quantitative estimate of drug-likeness (QED) is 0.145. The highest BCUT2D eigenvalue weighted by atomic mass is 16.5. The first-order valence-electron chi connectivity index (χ1n) is 12.3. The number of methoxy groups -OCH3 is 2. The zero-order valence-electron chi connectivity index (χ0n) is 20.4. The summed E-state index contributed by atoms with van der Waals surface area (Å²) in [5.74, 6) is 0.0129. The van der Waals surface area contributed by atoms with Gasteiger partial charge in [-0.05, 0) is 50.3 Å². The van der Waals surface area contributed by atoms with Gasteiger partial charge < -0.3 is 14.8 Å². The van der Waals surface area contributed by atoms with Crippen LogP contribution in [0.1, 0.15) is 107 Å². The molecule has 0 atom stereocenters. The molecule has 0 aliphatic rings. The van der Waals surface area contributed by atoms with Gasteiger partial charge in [0.25, 0.3) is 0 Å². The number of rotatable bonds is 18. The average Bonchev–Trinajstić information content (AvgIpc) is 2.81. The highest BCUT2D eigenvalue weighted by molar-refractivity contribution is 5.96. The van der Waals surface area contributed by atoms with Gasteiger partial charge in [0.15, 0.2) is 0 Å². The third-order valence-corrected chi connectivity index (χ3v) is 5.56. The van der Waals surface area contributed by atoms with Crippen molar-refractivity contribution in [3.05, 3.63) is 35.9 Å². The first-order chi connectivity index (χ1) is 15.6. The summed E-state index contributed by atoms with van der Waals surface area (Å²) in [5.41, 5.74) is 0.873. The molecule has 0 aliphatic heterocycles. The van der Waals surface area contributed by atoms with Gasteiger partial charge in [0.1, 0.15) is 5.75 Å². The number of allylic oxidation sites excluding steroid dienone is 2. The summed E-state index contributed by atoms with van der Waals surface area (Å²) in [6.07, 6.45) is 21.1. The molecule has 1 aromatic rings. The van der Waals surface area contributed by atoms with E-state index in [4.69, 9.17) is 9.47 Å². The fraction of sp³-hybridized carbons (Fsp3) is 0.630. The normalized spacial score (nSPS) is 11.0. The molecule has 0 saturated heterocycles. The monoisotopic (exact) mass is 445 g/mol. The van der Waals surface area contributed by atoms with E-state index in [0.717, 1.165) is 25.7 Å². The molecular formula is C27H43NO4. The van der Waals surface area contributed by atoms with E-state index in [1.165, 1.54) is 72.0 Å². The lowest BCUT2D eigenvalue weighted by Gasteiger charge is -2.11.